The van der Waals surface area contributed by atoms with Crippen molar-refractivity contribution in [3.63, 3.8) is 0 Å². The summed E-state index contributed by atoms with van der Waals surface area (Å²) in [6.45, 7) is 14.2. The third-order valence-corrected chi connectivity index (χ3v) is 9.79. The molecule has 228 valence electrons. The molecule has 1 fully saturated rings. The lowest BCUT2D eigenvalue weighted by Crippen LogP contribution is -2.34. The highest BCUT2D eigenvalue weighted by atomic mass is 16.5. The number of Topliss-reactive ketones (excluding diaryl/α,β-unsaturated/α-hetero) is 1. The van der Waals surface area contributed by atoms with Gasteiger partial charge in [-0.05, 0) is 92.5 Å². The number of H-pyrrole nitrogens is 2. The standard InChI is InChI=1S/C35H38N4O5/c1-8-20-15(3)22-13-25-21(9-2)16(4)31(38-25)18(6)32-19(10-11-27(40)41)12-26(39-32)29-30(35(43)44-7)34(42)28-17(5)23(37-33(28)29)14-24(20)36-22/h9,13-14,19,26,30,37-39H,2,8,10-12H2,1,3-7H3,(H,40,41)/b22-13-,23-14-,32-18-/t19-,26?,30-/m1/s1. The molecule has 4 N–H and O–H groups in total. The van der Waals surface area contributed by atoms with Gasteiger partial charge in [-0.15, -0.1) is 0 Å². The fourth-order valence-electron chi connectivity index (χ4n) is 7.51. The van der Waals surface area contributed by atoms with Crippen molar-refractivity contribution in [2.45, 2.75) is 66.3 Å². The minimum Gasteiger partial charge on any atom is -0.481 e. The number of carboxylic acid groups (broad SMARTS) is 1. The molecule has 3 atom stereocenters. The van der Waals surface area contributed by atoms with E-state index in [0.717, 1.165) is 73.7 Å². The van der Waals surface area contributed by atoms with Crippen LogP contribution < -0.4 is 16.0 Å². The molecule has 0 amide bonds. The molecule has 0 spiro atoms. The van der Waals surface area contributed by atoms with Gasteiger partial charge in [0.25, 0.3) is 0 Å². The number of hydrogen-bond acceptors (Lipinski definition) is 6. The van der Waals surface area contributed by atoms with Gasteiger partial charge in [-0.3, -0.25) is 14.4 Å². The van der Waals surface area contributed by atoms with Gasteiger partial charge in [0, 0.05) is 45.9 Å². The molecule has 5 heterocycles. The van der Waals surface area contributed by atoms with Crippen LogP contribution >= 0.6 is 0 Å². The maximum Gasteiger partial charge on any atom is 0.320 e. The van der Waals surface area contributed by atoms with E-state index in [1.165, 1.54) is 7.11 Å². The zero-order valence-corrected chi connectivity index (χ0v) is 26.0. The number of hydrogen-bond donors (Lipinski definition) is 4. The quantitative estimate of drug-likeness (QED) is 0.290. The van der Waals surface area contributed by atoms with Gasteiger partial charge in [0.05, 0.1) is 29.9 Å². The maximum atomic E-state index is 13.9. The first-order valence-corrected chi connectivity index (χ1v) is 15.1. The summed E-state index contributed by atoms with van der Waals surface area (Å²) in [6.07, 6.45) is 7.64. The first kappa shape index (κ1) is 29.4. The van der Waals surface area contributed by atoms with E-state index >= 15 is 0 Å². The number of aliphatic imine (C=N–C) groups is 1. The number of allylic oxidation sites excluding steroid dienone is 4. The Labute approximate surface area is 255 Å². The smallest absolute Gasteiger partial charge is 0.320 e. The Balaban J connectivity index is 1.69. The molecule has 4 aliphatic rings. The van der Waals surface area contributed by atoms with Crippen molar-refractivity contribution in [2.75, 3.05) is 7.11 Å². The molecule has 9 nitrogen and oxygen atoms in total. The van der Waals surface area contributed by atoms with Crippen LogP contribution in [0.1, 0.15) is 84.9 Å². The predicted molar refractivity (Wildman–Crippen MR) is 171 cm³/mol. The number of carboxylic acids is 1. The number of carbonyl (C=O) groups excluding carboxylic acids is 2. The number of aromatic nitrogens is 2. The lowest BCUT2D eigenvalue weighted by molar-refractivity contribution is -0.142. The summed E-state index contributed by atoms with van der Waals surface area (Å²) in [5, 5.41) is 14.6. The molecule has 2 aromatic rings. The van der Waals surface area contributed by atoms with E-state index in [2.05, 4.69) is 41.8 Å². The highest BCUT2D eigenvalue weighted by Gasteiger charge is 2.46. The number of ether oxygens (including phenoxy) is 1. The van der Waals surface area contributed by atoms with Crippen molar-refractivity contribution in [1.82, 2.24) is 15.3 Å². The van der Waals surface area contributed by atoms with Gasteiger partial charge in [-0.1, -0.05) is 19.6 Å². The van der Waals surface area contributed by atoms with Gasteiger partial charge in [-0.2, -0.15) is 0 Å². The highest BCUT2D eigenvalue weighted by Crippen LogP contribution is 2.41. The monoisotopic (exact) mass is 594 g/mol. The number of rotatable bonds is 6. The second kappa shape index (κ2) is 10.8. The lowest BCUT2D eigenvalue weighted by Gasteiger charge is -2.19. The Morgan fingerprint density at radius 3 is 2.55 bits per heavy atom. The van der Waals surface area contributed by atoms with Gasteiger partial charge in [0.2, 0.25) is 0 Å². The Morgan fingerprint density at radius 1 is 1.14 bits per heavy atom. The van der Waals surface area contributed by atoms with Crippen LogP contribution in [-0.4, -0.2) is 51.7 Å². The van der Waals surface area contributed by atoms with Crippen molar-refractivity contribution in [3.05, 3.63) is 73.5 Å². The Morgan fingerprint density at radius 2 is 1.89 bits per heavy atom. The van der Waals surface area contributed by atoms with E-state index in [1.54, 1.807) is 0 Å². The molecule has 1 saturated heterocycles. The van der Waals surface area contributed by atoms with Crippen molar-refractivity contribution in [2.24, 2.45) is 16.8 Å². The minimum absolute atomic E-state index is 0.000955. The third-order valence-electron chi connectivity index (χ3n) is 9.79. The first-order chi connectivity index (χ1) is 21.0. The van der Waals surface area contributed by atoms with Crippen LogP contribution in [-0.2, 0) is 14.3 Å². The molecule has 0 radical (unpaired) electrons. The zero-order chi connectivity index (χ0) is 31.6. The summed E-state index contributed by atoms with van der Waals surface area (Å²) < 4.78 is 5.15. The molecule has 8 bridgehead atoms. The van der Waals surface area contributed by atoms with Crippen LogP contribution in [0, 0.1) is 25.7 Å². The first-order valence-electron chi connectivity index (χ1n) is 15.1. The Bertz CT molecular complexity index is 1930. The molecule has 1 unspecified atom stereocenters. The fraction of sp³-hybridized carbons (Fsp3) is 0.371. The molecule has 2 aromatic heterocycles. The molecular formula is C35H38N4O5. The number of methoxy groups -OCH3 is 1. The number of nitrogens with one attached hydrogen (secondary N) is 3. The molecular weight excluding hydrogens is 556 g/mol. The van der Waals surface area contributed by atoms with Crippen molar-refractivity contribution in [3.8, 4) is 0 Å². The average molecular weight is 595 g/mol. The topological polar surface area (TPSA) is 137 Å². The summed E-state index contributed by atoms with van der Waals surface area (Å²) in [5.74, 6) is -2.97. The van der Waals surface area contributed by atoms with E-state index in [4.69, 9.17) is 9.73 Å². The third kappa shape index (κ3) is 4.36. The van der Waals surface area contributed by atoms with Gasteiger partial charge < -0.3 is 25.1 Å². The van der Waals surface area contributed by atoms with Gasteiger partial charge in [0.1, 0.15) is 5.92 Å². The molecule has 9 heteroatoms. The van der Waals surface area contributed by atoms with Crippen molar-refractivity contribution >= 4 is 52.8 Å². The number of aliphatic carboxylic acids is 1. The second-order valence-electron chi connectivity index (χ2n) is 12.1. The predicted octanol–water partition coefficient (Wildman–Crippen LogP) is 4.33. The molecule has 3 aliphatic heterocycles. The van der Waals surface area contributed by atoms with E-state index in [0.29, 0.717) is 29.3 Å². The number of esters is 1. The summed E-state index contributed by atoms with van der Waals surface area (Å²) >= 11 is 0. The van der Waals surface area contributed by atoms with Gasteiger partial charge >= 0.3 is 11.9 Å². The minimum atomic E-state index is -1.08. The highest BCUT2D eigenvalue weighted by molar-refractivity contribution is 6.24. The average Bonchev–Trinajstić information content (AvgIpc) is 3.76. The Hall–Kier alpha value is -4.66. The molecule has 0 aromatic carbocycles. The Kier molecular flexibility index (Phi) is 7.22. The lowest BCUT2D eigenvalue weighted by atomic mass is 9.88. The van der Waals surface area contributed by atoms with Crippen LogP contribution in [0.3, 0.4) is 0 Å². The second-order valence-corrected chi connectivity index (χ2v) is 12.1. The van der Waals surface area contributed by atoms with Gasteiger partial charge in [-0.25, -0.2) is 4.99 Å². The van der Waals surface area contributed by atoms with Crippen LogP contribution in [0.4, 0.5) is 0 Å². The molecule has 6 rings (SSSR count). The summed E-state index contributed by atoms with van der Waals surface area (Å²) in [6, 6.07) is -0.385. The normalized spacial score (nSPS) is 25.8. The summed E-state index contributed by atoms with van der Waals surface area (Å²) in [4.78, 5) is 50.9. The number of nitrogens with zero attached hydrogens (tertiary/aromatic N) is 1. The summed E-state index contributed by atoms with van der Waals surface area (Å²) in [7, 11) is 1.30. The van der Waals surface area contributed by atoms with Crippen LogP contribution in [0.25, 0.3) is 29.4 Å². The number of carbonyl (C=O) groups is 3. The van der Waals surface area contributed by atoms with Crippen LogP contribution in [0.15, 0.2) is 34.1 Å². The van der Waals surface area contributed by atoms with Gasteiger partial charge in [0.15, 0.2) is 5.78 Å². The largest absolute Gasteiger partial charge is 0.481 e. The molecule has 44 heavy (non-hydrogen) atoms. The maximum absolute atomic E-state index is 13.9. The van der Waals surface area contributed by atoms with Crippen molar-refractivity contribution < 1.29 is 24.2 Å². The van der Waals surface area contributed by atoms with E-state index < -0.39 is 17.9 Å². The van der Waals surface area contributed by atoms with E-state index in [1.807, 2.05) is 32.9 Å². The van der Waals surface area contributed by atoms with Crippen LogP contribution in [0.2, 0.25) is 0 Å². The molecule has 0 saturated carbocycles. The van der Waals surface area contributed by atoms with E-state index in [9.17, 15) is 19.5 Å². The van der Waals surface area contributed by atoms with Crippen LogP contribution in [0.5, 0.6) is 0 Å². The number of ketones is 1. The van der Waals surface area contributed by atoms with Crippen molar-refractivity contribution in [1.29, 1.82) is 0 Å². The number of aromatic amines is 2. The summed E-state index contributed by atoms with van der Waals surface area (Å²) in [5.41, 5.74) is 11.5. The zero-order valence-electron chi connectivity index (χ0n) is 26.0. The van der Waals surface area contributed by atoms with E-state index in [-0.39, 0.29) is 24.2 Å². The number of fused-ring (bicyclic) bond motifs is 7. The fourth-order valence-corrected chi connectivity index (χ4v) is 7.51. The molecule has 1 aliphatic carbocycles. The SMILES string of the molecule is C=Cc1c2[nH]c(c1C)/C(C)=C1\NC(C[C@H]1CCC(=O)O)C1=c3[nH]/c(c(C)c3C(=O)[C@@H]1C(=O)OC)=C\C1=NC(=C\2)/C(C)=C1CC.